The summed E-state index contributed by atoms with van der Waals surface area (Å²) in [5.41, 5.74) is 6.12. The third kappa shape index (κ3) is 2.69. The molecule has 0 aliphatic rings. The fourth-order valence-electron chi connectivity index (χ4n) is 1.52. The fraction of sp³-hybridized carbons (Fsp3) is 0.364. The van der Waals surface area contributed by atoms with Crippen molar-refractivity contribution >= 4 is 0 Å². The summed E-state index contributed by atoms with van der Waals surface area (Å²) in [6, 6.07) is 1.10. The maximum Gasteiger partial charge on any atom is 0.261 e. The molecule has 2 rings (SSSR count). The van der Waals surface area contributed by atoms with Crippen molar-refractivity contribution in [3.05, 3.63) is 30.1 Å². The molecule has 7 heteroatoms. The number of halogens is 1. The topological polar surface area (TPSA) is 81.1 Å². The van der Waals surface area contributed by atoms with Crippen LogP contribution in [-0.2, 0) is 0 Å². The number of hydrogen-bond donors (Lipinski definition) is 1. The molecule has 0 aliphatic heterocycles. The number of nitrogens with zero attached hydrogens (tertiary/aromatic N) is 4. The molecule has 96 valence electrons. The average Bonchev–Trinajstić information content (AvgIpc) is 2.78. The molecule has 1 atom stereocenters. The molecule has 18 heavy (non-hydrogen) atoms. The largest absolute Gasteiger partial charge is 0.334 e. The molecule has 0 amide bonds. The van der Waals surface area contributed by atoms with Crippen LogP contribution < -0.4 is 5.73 Å². The smallest absolute Gasteiger partial charge is 0.261 e. The van der Waals surface area contributed by atoms with E-state index in [1.807, 2.05) is 19.0 Å². The fourth-order valence-corrected chi connectivity index (χ4v) is 1.52. The van der Waals surface area contributed by atoms with Crippen LogP contribution in [0.25, 0.3) is 11.5 Å². The molecule has 0 saturated heterocycles. The molecule has 2 heterocycles. The minimum atomic E-state index is -0.506. The maximum absolute atomic E-state index is 13.5. The molecule has 0 aliphatic carbocycles. The van der Waals surface area contributed by atoms with E-state index in [0.29, 0.717) is 12.4 Å². The number of rotatable bonds is 4. The Bertz CT molecular complexity index is 528. The lowest BCUT2D eigenvalue weighted by molar-refractivity contribution is 0.357. The number of pyridine rings is 1. The summed E-state index contributed by atoms with van der Waals surface area (Å²) >= 11 is 0. The molecule has 2 aromatic heterocycles. The first-order valence-electron chi connectivity index (χ1n) is 5.41. The molecule has 0 spiro atoms. The number of hydrogen-bond acceptors (Lipinski definition) is 6. The van der Waals surface area contributed by atoms with Gasteiger partial charge in [-0.05, 0) is 20.2 Å². The Kier molecular flexibility index (Phi) is 3.63. The Labute approximate surface area is 104 Å². The van der Waals surface area contributed by atoms with Crippen molar-refractivity contribution in [2.45, 2.75) is 6.04 Å². The molecule has 0 saturated carbocycles. The van der Waals surface area contributed by atoms with E-state index < -0.39 is 5.82 Å². The summed E-state index contributed by atoms with van der Waals surface area (Å²) in [4.78, 5) is 9.66. The minimum Gasteiger partial charge on any atom is -0.334 e. The third-order valence-electron chi connectivity index (χ3n) is 2.34. The van der Waals surface area contributed by atoms with Gasteiger partial charge in [0.05, 0.1) is 17.8 Å². The van der Waals surface area contributed by atoms with Crippen LogP contribution in [0.15, 0.2) is 23.0 Å². The lowest BCUT2D eigenvalue weighted by atomic mass is 10.2. The number of aromatic nitrogens is 3. The Hall–Kier alpha value is -1.86. The molecule has 0 bridgehead atoms. The van der Waals surface area contributed by atoms with Crippen LogP contribution in [0.2, 0.25) is 0 Å². The van der Waals surface area contributed by atoms with Crippen LogP contribution >= 0.6 is 0 Å². The van der Waals surface area contributed by atoms with E-state index in [1.165, 1.54) is 12.3 Å². The third-order valence-corrected chi connectivity index (χ3v) is 2.34. The highest BCUT2D eigenvalue weighted by Crippen LogP contribution is 2.20. The second kappa shape index (κ2) is 5.19. The highest BCUT2D eigenvalue weighted by atomic mass is 19.1. The SMILES string of the molecule is CN(C)CC(N)c1noc(-c2ccncc2F)n1. The van der Waals surface area contributed by atoms with Gasteiger partial charge in [-0.25, -0.2) is 4.39 Å². The second-order valence-electron chi connectivity index (χ2n) is 4.18. The molecule has 1 unspecified atom stereocenters. The van der Waals surface area contributed by atoms with Crippen molar-refractivity contribution in [1.82, 2.24) is 20.0 Å². The van der Waals surface area contributed by atoms with Gasteiger partial charge in [0.15, 0.2) is 11.6 Å². The lowest BCUT2D eigenvalue weighted by Gasteiger charge is -2.12. The Morgan fingerprint density at radius 3 is 2.94 bits per heavy atom. The average molecular weight is 251 g/mol. The van der Waals surface area contributed by atoms with Gasteiger partial charge in [-0.2, -0.15) is 4.98 Å². The zero-order valence-corrected chi connectivity index (χ0v) is 10.2. The first-order chi connectivity index (χ1) is 8.58. The van der Waals surface area contributed by atoms with Crippen molar-refractivity contribution in [2.24, 2.45) is 5.73 Å². The van der Waals surface area contributed by atoms with Crippen LogP contribution in [0.1, 0.15) is 11.9 Å². The normalized spacial score (nSPS) is 12.9. The summed E-state index contributed by atoms with van der Waals surface area (Å²) in [5, 5.41) is 3.76. The molecule has 2 N–H and O–H groups in total. The van der Waals surface area contributed by atoms with E-state index in [4.69, 9.17) is 10.3 Å². The van der Waals surface area contributed by atoms with Crippen molar-refractivity contribution < 1.29 is 8.91 Å². The van der Waals surface area contributed by atoms with E-state index in [9.17, 15) is 4.39 Å². The monoisotopic (exact) mass is 251 g/mol. The van der Waals surface area contributed by atoms with Gasteiger partial charge in [0.1, 0.15) is 0 Å². The molecule has 0 fully saturated rings. The van der Waals surface area contributed by atoms with Gasteiger partial charge in [0.25, 0.3) is 5.89 Å². The summed E-state index contributed by atoms with van der Waals surface area (Å²) in [6.45, 7) is 0.581. The quantitative estimate of drug-likeness (QED) is 0.866. The predicted molar refractivity (Wildman–Crippen MR) is 63.0 cm³/mol. The van der Waals surface area contributed by atoms with Crippen LogP contribution in [0.4, 0.5) is 4.39 Å². The maximum atomic E-state index is 13.5. The number of nitrogens with two attached hydrogens (primary N) is 1. The van der Waals surface area contributed by atoms with E-state index in [0.717, 1.165) is 6.20 Å². The summed E-state index contributed by atoms with van der Waals surface area (Å²) in [6.07, 6.45) is 2.56. The predicted octanol–water partition coefficient (Wildman–Crippen LogP) is 0.832. The van der Waals surface area contributed by atoms with Crippen molar-refractivity contribution in [2.75, 3.05) is 20.6 Å². The van der Waals surface area contributed by atoms with Gasteiger partial charge in [0.2, 0.25) is 0 Å². The Morgan fingerprint density at radius 1 is 1.50 bits per heavy atom. The van der Waals surface area contributed by atoms with Crippen LogP contribution in [-0.4, -0.2) is 40.7 Å². The Morgan fingerprint density at radius 2 is 2.28 bits per heavy atom. The first kappa shape index (κ1) is 12.6. The molecule has 0 radical (unpaired) electrons. The van der Waals surface area contributed by atoms with Gasteiger partial charge < -0.3 is 15.2 Å². The highest BCUT2D eigenvalue weighted by Gasteiger charge is 2.17. The molecule has 6 nitrogen and oxygen atoms in total. The minimum absolute atomic E-state index is 0.110. The zero-order valence-electron chi connectivity index (χ0n) is 10.2. The lowest BCUT2D eigenvalue weighted by Crippen LogP contribution is -2.26. The van der Waals surface area contributed by atoms with Crippen LogP contribution in [0.3, 0.4) is 0 Å². The van der Waals surface area contributed by atoms with Crippen LogP contribution in [0, 0.1) is 5.82 Å². The van der Waals surface area contributed by atoms with E-state index in [2.05, 4.69) is 15.1 Å². The molecular formula is C11H14FN5O. The molecule has 2 aromatic rings. The van der Waals surface area contributed by atoms with Gasteiger partial charge in [-0.1, -0.05) is 5.16 Å². The first-order valence-corrected chi connectivity index (χ1v) is 5.41. The van der Waals surface area contributed by atoms with E-state index in [1.54, 1.807) is 0 Å². The molecular weight excluding hydrogens is 237 g/mol. The highest BCUT2D eigenvalue weighted by molar-refractivity contribution is 5.52. The van der Waals surface area contributed by atoms with Crippen molar-refractivity contribution in [3.63, 3.8) is 0 Å². The van der Waals surface area contributed by atoms with Gasteiger partial charge in [0, 0.05) is 12.7 Å². The van der Waals surface area contributed by atoms with Gasteiger partial charge >= 0.3 is 0 Å². The summed E-state index contributed by atoms with van der Waals surface area (Å²) in [5.74, 6) is -0.0390. The van der Waals surface area contributed by atoms with E-state index >= 15 is 0 Å². The summed E-state index contributed by atoms with van der Waals surface area (Å²) in [7, 11) is 3.78. The standard InChI is InChI=1S/C11H14FN5O/c1-17(2)6-9(13)10-15-11(18-16-10)7-3-4-14-5-8(7)12/h3-5,9H,6,13H2,1-2H3. The number of likely N-dealkylation sites (N-methyl/N-ethyl adjacent to an activating group) is 1. The van der Waals surface area contributed by atoms with E-state index in [-0.39, 0.29) is 17.5 Å². The zero-order chi connectivity index (χ0) is 13.1. The molecule has 0 aromatic carbocycles. The van der Waals surface area contributed by atoms with Crippen LogP contribution in [0.5, 0.6) is 0 Å². The van der Waals surface area contributed by atoms with Crippen molar-refractivity contribution in [1.29, 1.82) is 0 Å². The Balaban J connectivity index is 2.23. The van der Waals surface area contributed by atoms with Gasteiger partial charge in [-0.3, -0.25) is 4.98 Å². The van der Waals surface area contributed by atoms with Crippen molar-refractivity contribution in [3.8, 4) is 11.5 Å². The summed E-state index contributed by atoms with van der Waals surface area (Å²) < 4.78 is 18.5. The second-order valence-corrected chi connectivity index (χ2v) is 4.18. The van der Waals surface area contributed by atoms with Gasteiger partial charge in [-0.15, -0.1) is 0 Å².